The van der Waals surface area contributed by atoms with Gasteiger partial charge in [0.15, 0.2) is 0 Å². The van der Waals surface area contributed by atoms with E-state index in [0.717, 1.165) is 0 Å². The molecule has 0 fully saturated rings. The van der Waals surface area contributed by atoms with Gasteiger partial charge in [0.1, 0.15) is 0 Å². The van der Waals surface area contributed by atoms with Crippen molar-refractivity contribution in [2.24, 2.45) is 11.8 Å². The Morgan fingerprint density at radius 1 is 1.64 bits per heavy atom. The van der Waals surface area contributed by atoms with E-state index >= 15 is 0 Å². The second-order valence-corrected chi connectivity index (χ2v) is 3.42. The molecular weight excluding hydrogens is 136 g/mol. The third-order valence-corrected chi connectivity index (χ3v) is 2.70. The summed E-state index contributed by atoms with van der Waals surface area (Å²) in [4.78, 5) is 0. The molecule has 2 heteroatoms. The molecule has 3 N–H and O–H groups in total. The van der Waals surface area contributed by atoms with E-state index in [2.05, 4.69) is 44.4 Å². The van der Waals surface area contributed by atoms with Crippen LogP contribution in [0.15, 0.2) is 23.8 Å². The van der Waals surface area contributed by atoms with Gasteiger partial charge in [-0.15, -0.1) is 0 Å². The number of allylic oxidation sites excluding steroid dienone is 2. The SMILES string of the molecule is CC1=CC=CC(C)(NN)C1C. The van der Waals surface area contributed by atoms with Crippen LogP contribution in [0.4, 0.5) is 0 Å². The smallest absolute Gasteiger partial charge is 0.0537 e. The Balaban J connectivity index is 2.88. The number of hydrogen-bond acceptors (Lipinski definition) is 2. The molecule has 0 aromatic heterocycles. The molecule has 2 atom stereocenters. The Kier molecular flexibility index (Phi) is 2.16. The molecule has 1 aliphatic rings. The van der Waals surface area contributed by atoms with Gasteiger partial charge in [0.2, 0.25) is 0 Å². The minimum atomic E-state index is -0.0706. The van der Waals surface area contributed by atoms with Gasteiger partial charge in [0, 0.05) is 0 Å². The summed E-state index contributed by atoms with van der Waals surface area (Å²) in [6.07, 6.45) is 6.28. The Labute approximate surface area is 68.1 Å². The molecule has 0 saturated heterocycles. The Morgan fingerprint density at radius 3 is 2.73 bits per heavy atom. The van der Waals surface area contributed by atoms with Crippen molar-refractivity contribution >= 4 is 0 Å². The van der Waals surface area contributed by atoms with Crippen molar-refractivity contribution in [1.82, 2.24) is 5.43 Å². The van der Waals surface area contributed by atoms with Gasteiger partial charge in [-0.3, -0.25) is 11.3 Å². The van der Waals surface area contributed by atoms with Crippen molar-refractivity contribution in [3.8, 4) is 0 Å². The summed E-state index contributed by atoms with van der Waals surface area (Å²) in [5, 5.41) is 0. The van der Waals surface area contributed by atoms with Gasteiger partial charge in [-0.1, -0.05) is 30.7 Å². The molecule has 2 unspecified atom stereocenters. The van der Waals surface area contributed by atoms with Gasteiger partial charge in [0.25, 0.3) is 0 Å². The van der Waals surface area contributed by atoms with E-state index in [1.165, 1.54) is 5.57 Å². The van der Waals surface area contributed by atoms with Crippen LogP contribution in [0.3, 0.4) is 0 Å². The minimum absolute atomic E-state index is 0.0706. The predicted molar refractivity (Wildman–Crippen MR) is 47.8 cm³/mol. The van der Waals surface area contributed by atoms with Crippen LogP contribution < -0.4 is 11.3 Å². The van der Waals surface area contributed by atoms with Gasteiger partial charge in [-0.25, -0.2) is 0 Å². The highest BCUT2D eigenvalue weighted by Crippen LogP contribution is 2.28. The first-order chi connectivity index (χ1) is 5.10. The highest BCUT2D eigenvalue weighted by atomic mass is 15.3. The van der Waals surface area contributed by atoms with E-state index < -0.39 is 0 Å². The summed E-state index contributed by atoms with van der Waals surface area (Å²) < 4.78 is 0. The van der Waals surface area contributed by atoms with E-state index in [4.69, 9.17) is 5.84 Å². The summed E-state index contributed by atoms with van der Waals surface area (Å²) in [6, 6.07) is 0. The lowest BCUT2D eigenvalue weighted by atomic mass is 9.79. The van der Waals surface area contributed by atoms with Gasteiger partial charge >= 0.3 is 0 Å². The molecule has 2 nitrogen and oxygen atoms in total. The maximum Gasteiger partial charge on any atom is 0.0537 e. The van der Waals surface area contributed by atoms with Crippen LogP contribution in [0.1, 0.15) is 20.8 Å². The maximum absolute atomic E-state index is 5.46. The quantitative estimate of drug-likeness (QED) is 0.440. The lowest BCUT2D eigenvalue weighted by molar-refractivity contribution is 0.345. The van der Waals surface area contributed by atoms with E-state index in [1.807, 2.05) is 0 Å². The predicted octanol–water partition coefficient (Wildman–Crippen LogP) is 1.36. The zero-order valence-corrected chi connectivity index (χ0v) is 7.39. The van der Waals surface area contributed by atoms with Crippen LogP contribution in [-0.4, -0.2) is 5.54 Å². The first-order valence-corrected chi connectivity index (χ1v) is 3.94. The van der Waals surface area contributed by atoms with Gasteiger partial charge in [0.05, 0.1) is 5.54 Å². The van der Waals surface area contributed by atoms with E-state index in [9.17, 15) is 0 Å². The molecule has 0 bridgehead atoms. The first kappa shape index (κ1) is 8.50. The lowest BCUT2D eigenvalue weighted by Gasteiger charge is -2.34. The number of hydrogen-bond donors (Lipinski definition) is 2. The van der Waals surface area contributed by atoms with Gasteiger partial charge in [-0.05, 0) is 19.8 Å². The molecule has 1 aliphatic carbocycles. The van der Waals surface area contributed by atoms with Crippen molar-refractivity contribution in [2.45, 2.75) is 26.3 Å². The second-order valence-electron chi connectivity index (χ2n) is 3.42. The molecule has 11 heavy (non-hydrogen) atoms. The Morgan fingerprint density at radius 2 is 2.27 bits per heavy atom. The fraction of sp³-hybridized carbons (Fsp3) is 0.556. The number of nitrogens with two attached hydrogens (primary N) is 1. The molecule has 0 radical (unpaired) electrons. The van der Waals surface area contributed by atoms with Crippen LogP contribution in [0.5, 0.6) is 0 Å². The minimum Gasteiger partial charge on any atom is -0.271 e. The number of hydrazine groups is 1. The van der Waals surface area contributed by atoms with Crippen molar-refractivity contribution in [3.05, 3.63) is 23.8 Å². The zero-order chi connectivity index (χ0) is 8.48. The first-order valence-electron chi connectivity index (χ1n) is 3.94. The number of rotatable bonds is 1. The highest BCUT2D eigenvalue weighted by molar-refractivity contribution is 5.27. The standard InChI is InChI=1S/C9H16N2/c1-7-5-4-6-9(3,11-10)8(7)2/h4-6,8,11H,10H2,1-3H3. The van der Waals surface area contributed by atoms with Crippen LogP contribution in [0, 0.1) is 5.92 Å². The molecule has 0 amide bonds. The lowest BCUT2D eigenvalue weighted by Crippen LogP contribution is -2.51. The normalized spacial score (nSPS) is 37.1. The molecular formula is C9H16N2. The summed E-state index contributed by atoms with van der Waals surface area (Å²) in [5.74, 6) is 5.93. The van der Waals surface area contributed by atoms with Crippen molar-refractivity contribution in [2.75, 3.05) is 0 Å². The zero-order valence-electron chi connectivity index (χ0n) is 7.39. The van der Waals surface area contributed by atoms with E-state index in [-0.39, 0.29) is 5.54 Å². The molecule has 62 valence electrons. The summed E-state index contributed by atoms with van der Waals surface area (Å²) in [5.41, 5.74) is 4.13. The molecule has 0 heterocycles. The van der Waals surface area contributed by atoms with Gasteiger partial charge < -0.3 is 0 Å². The maximum atomic E-state index is 5.46. The molecule has 0 aliphatic heterocycles. The molecule has 0 aromatic carbocycles. The average molecular weight is 152 g/mol. The second kappa shape index (κ2) is 2.80. The van der Waals surface area contributed by atoms with Crippen molar-refractivity contribution in [1.29, 1.82) is 0 Å². The Hall–Kier alpha value is -0.600. The summed E-state index contributed by atoms with van der Waals surface area (Å²) >= 11 is 0. The summed E-state index contributed by atoms with van der Waals surface area (Å²) in [6.45, 7) is 6.41. The van der Waals surface area contributed by atoms with Crippen LogP contribution in [0.2, 0.25) is 0 Å². The van der Waals surface area contributed by atoms with E-state index in [1.54, 1.807) is 0 Å². The molecule has 0 spiro atoms. The van der Waals surface area contributed by atoms with E-state index in [0.29, 0.717) is 5.92 Å². The fourth-order valence-electron chi connectivity index (χ4n) is 1.33. The van der Waals surface area contributed by atoms with Crippen molar-refractivity contribution < 1.29 is 0 Å². The van der Waals surface area contributed by atoms with Crippen molar-refractivity contribution in [3.63, 3.8) is 0 Å². The van der Waals surface area contributed by atoms with Gasteiger partial charge in [-0.2, -0.15) is 0 Å². The average Bonchev–Trinajstić information content (AvgIpc) is 2.00. The molecule has 0 aromatic rings. The van der Waals surface area contributed by atoms with Crippen LogP contribution in [0.25, 0.3) is 0 Å². The topological polar surface area (TPSA) is 38.0 Å². The Bertz CT molecular complexity index is 206. The fourth-order valence-corrected chi connectivity index (χ4v) is 1.33. The molecule has 1 rings (SSSR count). The third kappa shape index (κ3) is 1.37. The summed E-state index contributed by atoms with van der Waals surface area (Å²) in [7, 11) is 0. The third-order valence-electron chi connectivity index (χ3n) is 2.70. The molecule has 0 saturated carbocycles. The largest absolute Gasteiger partial charge is 0.271 e. The highest BCUT2D eigenvalue weighted by Gasteiger charge is 2.29. The van der Waals surface area contributed by atoms with Crippen LogP contribution >= 0.6 is 0 Å². The monoisotopic (exact) mass is 152 g/mol. The van der Waals surface area contributed by atoms with Crippen LogP contribution in [-0.2, 0) is 0 Å². The number of nitrogens with one attached hydrogen (secondary N) is 1.